The Morgan fingerprint density at radius 3 is 1.89 bits per heavy atom. The quantitative estimate of drug-likeness (QED) is 0.307. The van der Waals surface area contributed by atoms with Crippen LogP contribution in [0.15, 0.2) is 35.9 Å². The molecular formula is C29H40F6N2O6S. The highest BCUT2D eigenvalue weighted by atomic mass is 32.2. The molecule has 8 nitrogen and oxygen atoms in total. The van der Waals surface area contributed by atoms with Gasteiger partial charge in [0.2, 0.25) is 0 Å². The average molecular weight is 659 g/mol. The van der Waals surface area contributed by atoms with Crippen molar-refractivity contribution in [3.63, 3.8) is 0 Å². The van der Waals surface area contributed by atoms with E-state index in [1.165, 1.54) is 31.1 Å². The number of nitrogens with zero attached hydrogens (tertiary/aromatic N) is 1. The minimum Gasteiger partial charge on any atom is -0.475 e. The molecule has 0 aromatic heterocycles. The minimum atomic E-state index is -5.08. The zero-order valence-corrected chi connectivity index (χ0v) is 25.8. The number of hydrogen-bond donors (Lipinski definition) is 3. The predicted octanol–water partition coefficient (Wildman–Crippen LogP) is 5.26. The van der Waals surface area contributed by atoms with Crippen LogP contribution in [0, 0.1) is 16.7 Å². The molecule has 15 heteroatoms. The second-order valence-corrected chi connectivity index (χ2v) is 14.8. The second-order valence-electron chi connectivity index (χ2n) is 12.7. The maximum atomic E-state index is 11.6. The van der Waals surface area contributed by atoms with Crippen molar-refractivity contribution in [1.29, 1.82) is 0 Å². The van der Waals surface area contributed by atoms with Gasteiger partial charge in [-0.15, -0.1) is 0 Å². The molecule has 0 amide bonds. The monoisotopic (exact) mass is 658 g/mol. The van der Waals surface area contributed by atoms with Crippen molar-refractivity contribution in [2.75, 3.05) is 31.6 Å². The standard InChI is InChI=1S/C25H38N2O2S.2C2HF3O2/c1-5-20(11-19-9-7-6-8-10-19)22-12-23(22)26-21-13-25(14-21)16-27(17-25)15-24(2,3)18-30(4,28)29;2*3-2(4,5)1(6)7/h6-11,21-23,26H,5,12-18H2,1-4H3;2*(H,6,7)/b20-11+;;/t22-,23+;;/m0../s1. The summed E-state index contributed by atoms with van der Waals surface area (Å²) in [6, 6.07) is 12.0. The van der Waals surface area contributed by atoms with Crippen LogP contribution in [0.5, 0.6) is 0 Å². The number of benzene rings is 1. The van der Waals surface area contributed by atoms with Crippen molar-refractivity contribution in [1.82, 2.24) is 10.2 Å². The summed E-state index contributed by atoms with van der Waals surface area (Å²) >= 11 is 0. The number of alkyl halides is 6. The van der Waals surface area contributed by atoms with Gasteiger partial charge < -0.3 is 20.4 Å². The van der Waals surface area contributed by atoms with Crippen molar-refractivity contribution in [2.24, 2.45) is 16.7 Å². The molecule has 1 saturated heterocycles. The first-order chi connectivity index (χ1) is 20.0. The van der Waals surface area contributed by atoms with Gasteiger partial charge in [0.1, 0.15) is 9.84 Å². The van der Waals surface area contributed by atoms with Crippen LogP contribution >= 0.6 is 0 Å². The summed E-state index contributed by atoms with van der Waals surface area (Å²) < 4.78 is 86.8. The van der Waals surface area contributed by atoms with Gasteiger partial charge in [0.25, 0.3) is 0 Å². The molecule has 1 heterocycles. The molecule has 3 N–H and O–H groups in total. The van der Waals surface area contributed by atoms with E-state index < -0.39 is 34.1 Å². The van der Waals surface area contributed by atoms with E-state index in [1.54, 1.807) is 5.57 Å². The highest BCUT2D eigenvalue weighted by Gasteiger charge is 2.54. The Kier molecular flexibility index (Phi) is 12.1. The van der Waals surface area contributed by atoms with E-state index in [2.05, 4.69) is 67.4 Å². The number of carboxylic acids is 2. The fourth-order valence-corrected chi connectivity index (χ4v) is 7.57. The van der Waals surface area contributed by atoms with Crippen LogP contribution in [0.4, 0.5) is 26.3 Å². The molecule has 3 fully saturated rings. The molecule has 4 rings (SSSR count). The molecule has 2 saturated carbocycles. The summed E-state index contributed by atoms with van der Waals surface area (Å²) in [4.78, 5) is 20.2. The molecule has 44 heavy (non-hydrogen) atoms. The van der Waals surface area contributed by atoms with Crippen molar-refractivity contribution < 1.29 is 54.6 Å². The summed E-state index contributed by atoms with van der Waals surface area (Å²) in [5, 5.41) is 18.2. The van der Waals surface area contributed by atoms with Gasteiger partial charge in [-0.1, -0.05) is 62.8 Å². The van der Waals surface area contributed by atoms with Gasteiger partial charge in [-0.25, -0.2) is 18.0 Å². The maximum Gasteiger partial charge on any atom is 0.490 e. The van der Waals surface area contributed by atoms with Crippen molar-refractivity contribution in [3.05, 3.63) is 41.5 Å². The molecule has 1 aromatic carbocycles. The fraction of sp³-hybridized carbons (Fsp3) is 0.655. The summed E-state index contributed by atoms with van der Waals surface area (Å²) in [5.41, 5.74) is 3.22. The summed E-state index contributed by atoms with van der Waals surface area (Å²) in [6.07, 6.45) is -1.46. The van der Waals surface area contributed by atoms with Gasteiger partial charge in [0, 0.05) is 38.0 Å². The van der Waals surface area contributed by atoms with Crippen LogP contribution in [-0.4, -0.2) is 91.5 Å². The van der Waals surface area contributed by atoms with Gasteiger partial charge >= 0.3 is 24.3 Å². The number of nitrogens with one attached hydrogen (secondary N) is 1. The summed E-state index contributed by atoms with van der Waals surface area (Å²) in [7, 11) is -2.92. The molecule has 2 aliphatic carbocycles. The number of sulfone groups is 1. The molecule has 0 bridgehead atoms. The predicted molar refractivity (Wildman–Crippen MR) is 153 cm³/mol. The van der Waals surface area contributed by atoms with Crippen molar-refractivity contribution >= 4 is 27.9 Å². The number of halogens is 6. The van der Waals surface area contributed by atoms with Gasteiger partial charge in [-0.3, -0.25) is 0 Å². The number of hydrogen-bond acceptors (Lipinski definition) is 6. The molecule has 0 unspecified atom stereocenters. The maximum absolute atomic E-state index is 11.6. The Morgan fingerprint density at radius 1 is 1.00 bits per heavy atom. The van der Waals surface area contributed by atoms with E-state index in [0.717, 1.165) is 26.1 Å². The lowest BCUT2D eigenvalue weighted by atomic mass is 9.60. The van der Waals surface area contributed by atoms with Crippen LogP contribution in [0.3, 0.4) is 0 Å². The van der Waals surface area contributed by atoms with E-state index in [9.17, 15) is 34.8 Å². The lowest BCUT2D eigenvalue weighted by Gasteiger charge is -2.60. The number of rotatable bonds is 9. The third kappa shape index (κ3) is 12.4. The normalized spacial score (nSPS) is 22.0. The van der Waals surface area contributed by atoms with Crippen LogP contribution in [-0.2, 0) is 19.4 Å². The lowest BCUT2D eigenvalue weighted by Crippen LogP contribution is -2.67. The number of aliphatic carboxylic acids is 2. The molecule has 1 aliphatic heterocycles. The van der Waals surface area contributed by atoms with E-state index >= 15 is 0 Å². The number of carbonyl (C=O) groups is 2. The van der Waals surface area contributed by atoms with Gasteiger partial charge in [-0.05, 0) is 48.0 Å². The second kappa shape index (κ2) is 14.2. The number of likely N-dealkylation sites (tertiary alicyclic amines) is 1. The molecule has 1 spiro atoms. The first kappa shape index (κ1) is 37.5. The highest BCUT2D eigenvalue weighted by molar-refractivity contribution is 7.90. The first-order valence-corrected chi connectivity index (χ1v) is 16.0. The van der Waals surface area contributed by atoms with Gasteiger partial charge in [0.15, 0.2) is 0 Å². The Labute approximate surface area is 253 Å². The molecule has 1 aromatic rings. The SMILES string of the molecule is CC/C(=C\c1ccccc1)[C@@H]1C[C@H]1NC1CC2(C1)CN(CC(C)(C)CS(C)(=O)=O)C2.O=C(O)C(F)(F)F.O=C(O)C(F)(F)F. The average Bonchev–Trinajstić information content (AvgIpc) is 3.57. The first-order valence-electron chi connectivity index (χ1n) is 14.0. The smallest absolute Gasteiger partial charge is 0.475 e. The molecule has 250 valence electrons. The highest BCUT2D eigenvalue weighted by Crippen LogP contribution is 2.51. The Hall–Kier alpha value is -2.65. The Bertz CT molecular complexity index is 1240. The topological polar surface area (TPSA) is 124 Å². The van der Waals surface area contributed by atoms with Crippen LogP contribution in [0.2, 0.25) is 0 Å². The molecule has 2 atom stereocenters. The Balaban J connectivity index is 0.000000402. The Morgan fingerprint density at radius 2 is 1.48 bits per heavy atom. The third-order valence-electron chi connectivity index (χ3n) is 7.54. The lowest BCUT2D eigenvalue weighted by molar-refractivity contribution is -0.193. The zero-order valence-electron chi connectivity index (χ0n) is 25.0. The third-order valence-corrected chi connectivity index (χ3v) is 8.85. The largest absolute Gasteiger partial charge is 0.490 e. The van der Waals surface area contributed by atoms with E-state index in [0.29, 0.717) is 23.4 Å². The summed E-state index contributed by atoms with van der Waals surface area (Å²) in [5.74, 6) is -4.53. The van der Waals surface area contributed by atoms with Crippen molar-refractivity contribution in [3.8, 4) is 0 Å². The van der Waals surface area contributed by atoms with Crippen LogP contribution in [0.25, 0.3) is 6.08 Å². The van der Waals surface area contributed by atoms with Crippen molar-refractivity contribution in [2.45, 2.75) is 70.9 Å². The summed E-state index contributed by atoms with van der Waals surface area (Å²) in [6.45, 7) is 9.59. The van der Waals surface area contributed by atoms with E-state index in [4.69, 9.17) is 19.8 Å². The zero-order chi connectivity index (χ0) is 33.7. The molecule has 0 radical (unpaired) electrons. The van der Waals surface area contributed by atoms with Gasteiger partial charge in [-0.2, -0.15) is 26.3 Å². The van der Waals surface area contributed by atoms with E-state index in [-0.39, 0.29) is 11.2 Å². The fourth-order valence-electron chi connectivity index (χ4n) is 6.06. The number of carboxylic acid groups (broad SMARTS) is 2. The van der Waals surface area contributed by atoms with Crippen LogP contribution in [0.1, 0.15) is 52.0 Å². The minimum absolute atomic E-state index is 0.167. The molecule has 3 aliphatic rings. The van der Waals surface area contributed by atoms with Crippen LogP contribution < -0.4 is 5.32 Å². The molecular weight excluding hydrogens is 618 g/mol. The van der Waals surface area contributed by atoms with E-state index in [1.807, 2.05) is 0 Å². The van der Waals surface area contributed by atoms with Gasteiger partial charge in [0.05, 0.1) is 5.75 Å².